The van der Waals surface area contributed by atoms with Gasteiger partial charge in [-0.15, -0.1) is 0 Å². The quantitative estimate of drug-likeness (QED) is 0.242. The summed E-state index contributed by atoms with van der Waals surface area (Å²) < 4.78 is 31.7. The van der Waals surface area contributed by atoms with Crippen LogP contribution in [0, 0.1) is 0 Å². The molecule has 0 bridgehead atoms. The van der Waals surface area contributed by atoms with Gasteiger partial charge in [-0.3, -0.25) is 4.79 Å². The molecule has 0 radical (unpaired) electrons. The zero-order valence-electron chi connectivity index (χ0n) is 20.9. The Labute approximate surface area is 224 Å². The number of alkyl halides is 3. The number of carbonyl (C=O) groups is 2. The summed E-state index contributed by atoms with van der Waals surface area (Å²) in [6.45, 7) is 0.902. The Morgan fingerprint density at radius 2 is 1.31 bits per heavy atom. The maximum atomic E-state index is 12.6. The number of carboxylic acid groups (broad SMARTS) is 1. The second-order valence-electron chi connectivity index (χ2n) is 9.14. The normalized spacial score (nSPS) is 16.0. The molecule has 0 saturated heterocycles. The Hall–Kier alpha value is -4.43. The van der Waals surface area contributed by atoms with Gasteiger partial charge in [0.1, 0.15) is 0 Å². The summed E-state index contributed by atoms with van der Waals surface area (Å²) >= 11 is 0. The van der Waals surface area contributed by atoms with Crippen LogP contribution in [0.25, 0.3) is 11.1 Å². The molecule has 5 nitrogen and oxygen atoms in total. The van der Waals surface area contributed by atoms with E-state index in [9.17, 15) is 18.0 Å². The lowest BCUT2D eigenvalue weighted by Crippen LogP contribution is -2.21. The van der Waals surface area contributed by atoms with Crippen LogP contribution in [0.2, 0.25) is 0 Å². The van der Waals surface area contributed by atoms with Gasteiger partial charge in [-0.1, -0.05) is 84.9 Å². The smallest absolute Gasteiger partial charge is 0.475 e. The van der Waals surface area contributed by atoms with Crippen molar-refractivity contribution in [1.82, 2.24) is 5.32 Å². The van der Waals surface area contributed by atoms with Gasteiger partial charge < -0.3 is 15.7 Å². The highest BCUT2D eigenvalue weighted by Gasteiger charge is 2.38. The van der Waals surface area contributed by atoms with E-state index in [-0.39, 0.29) is 5.91 Å². The first-order chi connectivity index (χ1) is 18.7. The monoisotopic (exact) mass is 532 g/mol. The molecule has 8 heteroatoms. The molecule has 4 aromatic carbocycles. The number of amides is 1. The van der Waals surface area contributed by atoms with Crippen LogP contribution in [0.5, 0.6) is 0 Å². The number of aliphatic carboxylic acids is 1. The van der Waals surface area contributed by atoms with Gasteiger partial charge in [-0.25, -0.2) is 4.79 Å². The summed E-state index contributed by atoms with van der Waals surface area (Å²) in [5.74, 6) is -2.30. The van der Waals surface area contributed by atoms with Crippen LogP contribution >= 0.6 is 0 Å². The SMILES string of the molecule is O=C(Nc1ccc([C@@H]2C[C@H]2NCc2ccccc2)cc1)c1ccc(-c2ccccc2)cc1.O=C(O)C(F)(F)F. The third kappa shape index (κ3) is 8.02. The van der Waals surface area contributed by atoms with E-state index in [2.05, 4.69) is 59.2 Å². The van der Waals surface area contributed by atoms with Crippen molar-refractivity contribution >= 4 is 17.6 Å². The predicted octanol–water partition coefficient (Wildman–Crippen LogP) is 6.88. The van der Waals surface area contributed by atoms with E-state index < -0.39 is 12.1 Å². The van der Waals surface area contributed by atoms with Gasteiger partial charge in [0.05, 0.1) is 0 Å². The van der Waals surface area contributed by atoms with E-state index in [4.69, 9.17) is 9.90 Å². The molecule has 1 aliphatic rings. The number of carboxylic acids is 1. The maximum absolute atomic E-state index is 12.6. The van der Waals surface area contributed by atoms with Crippen LogP contribution in [0.1, 0.15) is 33.8 Å². The first-order valence-corrected chi connectivity index (χ1v) is 12.3. The number of anilines is 1. The molecule has 0 aromatic heterocycles. The lowest BCUT2D eigenvalue weighted by Gasteiger charge is -2.08. The van der Waals surface area contributed by atoms with Crippen molar-refractivity contribution in [2.75, 3.05) is 5.32 Å². The minimum Gasteiger partial charge on any atom is -0.475 e. The van der Waals surface area contributed by atoms with E-state index in [1.54, 1.807) is 0 Å². The van der Waals surface area contributed by atoms with Crippen LogP contribution < -0.4 is 10.6 Å². The molecular weight excluding hydrogens is 505 g/mol. The molecule has 0 aliphatic heterocycles. The Bertz CT molecular complexity index is 1380. The van der Waals surface area contributed by atoms with Gasteiger partial charge in [-0.05, 0) is 52.9 Å². The molecule has 1 saturated carbocycles. The zero-order chi connectivity index (χ0) is 27.8. The summed E-state index contributed by atoms with van der Waals surface area (Å²) in [7, 11) is 0. The molecule has 0 unspecified atom stereocenters. The summed E-state index contributed by atoms with van der Waals surface area (Å²) in [6.07, 6.45) is -3.92. The minimum atomic E-state index is -5.08. The summed E-state index contributed by atoms with van der Waals surface area (Å²) in [6, 6.07) is 37.2. The van der Waals surface area contributed by atoms with E-state index in [0.29, 0.717) is 17.5 Å². The fourth-order valence-electron chi connectivity index (χ4n) is 4.10. The van der Waals surface area contributed by atoms with Crippen molar-refractivity contribution in [3.63, 3.8) is 0 Å². The highest BCUT2D eigenvalue weighted by atomic mass is 19.4. The number of hydrogen-bond acceptors (Lipinski definition) is 3. The first-order valence-electron chi connectivity index (χ1n) is 12.3. The number of hydrogen-bond donors (Lipinski definition) is 3. The van der Waals surface area contributed by atoms with Crippen molar-refractivity contribution in [3.8, 4) is 11.1 Å². The lowest BCUT2D eigenvalue weighted by atomic mass is 10.0. The van der Waals surface area contributed by atoms with Crippen molar-refractivity contribution in [2.45, 2.75) is 31.1 Å². The van der Waals surface area contributed by atoms with Gasteiger partial charge in [0, 0.05) is 29.8 Å². The second-order valence-corrected chi connectivity index (χ2v) is 9.14. The summed E-state index contributed by atoms with van der Waals surface area (Å²) in [5, 5.41) is 13.8. The molecule has 0 heterocycles. The van der Waals surface area contributed by atoms with Crippen molar-refractivity contribution in [3.05, 3.63) is 126 Å². The van der Waals surface area contributed by atoms with E-state index in [1.165, 1.54) is 11.1 Å². The highest BCUT2D eigenvalue weighted by molar-refractivity contribution is 6.04. The topological polar surface area (TPSA) is 78.4 Å². The van der Waals surface area contributed by atoms with E-state index in [0.717, 1.165) is 29.8 Å². The Morgan fingerprint density at radius 3 is 1.87 bits per heavy atom. The van der Waals surface area contributed by atoms with Gasteiger partial charge in [0.2, 0.25) is 0 Å². The largest absolute Gasteiger partial charge is 0.490 e. The zero-order valence-corrected chi connectivity index (χ0v) is 20.9. The molecular formula is C31H27F3N2O3. The highest BCUT2D eigenvalue weighted by Crippen LogP contribution is 2.41. The minimum absolute atomic E-state index is 0.0915. The molecule has 5 rings (SSSR count). The molecule has 3 N–H and O–H groups in total. The average Bonchev–Trinajstić information content (AvgIpc) is 3.73. The Morgan fingerprint density at radius 1 is 0.769 bits per heavy atom. The Kier molecular flexibility index (Phi) is 8.78. The molecule has 0 spiro atoms. The number of benzene rings is 4. The first kappa shape index (κ1) is 27.6. The van der Waals surface area contributed by atoms with Crippen LogP contribution in [-0.4, -0.2) is 29.2 Å². The predicted molar refractivity (Wildman–Crippen MR) is 144 cm³/mol. The van der Waals surface area contributed by atoms with Crippen LogP contribution in [0.15, 0.2) is 109 Å². The second kappa shape index (κ2) is 12.4. The number of carbonyl (C=O) groups excluding carboxylic acids is 1. The molecule has 39 heavy (non-hydrogen) atoms. The molecule has 1 fully saturated rings. The fourth-order valence-corrected chi connectivity index (χ4v) is 4.10. The molecule has 4 aromatic rings. The fraction of sp³-hybridized carbons (Fsp3) is 0.161. The number of nitrogens with one attached hydrogen (secondary N) is 2. The van der Waals surface area contributed by atoms with Gasteiger partial charge in [0.25, 0.3) is 5.91 Å². The van der Waals surface area contributed by atoms with Crippen molar-refractivity contribution in [1.29, 1.82) is 0 Å². The summed E-state index contributed by atoms with van der Waals surface area (Å²) in [5.41, 5.74) is 6.35. The average molecular weight is 533 g/mol. The summed E-state index contributed by atoms with van der Waals surface area (Å²) in [4.78, 5) is 21.5. The van der Waals surface area contributed by atoms with Crippen LogP contribution in [0.4, 0.5) is 18.9 Å². The molecule has 1 amide bonds. The number of rotatable bonds is 7. The van der Waals surface area contributed by atoms with Crippen molar-refractivity contribution < 1.29 is 27.9 Å². The molecule has 1 aliphatic carbocycles. The lowest BCUT2D eigenvalue weighted by molar-refractivity contribution is -0.192. The maximum Gasteiger partial charge on any atom is 0.490 e. The van der Waals surface area contributed by atoms with Crippen LogP contribution in [0.3, 0.4) is 0 Å². The number of halogens is 3. The standard InChI is InChI=1S/C29H26N2O.C2HF3O2/c32-29(25-13-11-23(12-14-25)22-9-5-2-6-10-22)31-26-17-15-24(16-18-26)27-19-28(27)30-20-21-7-3-1-4-8-21;3-2(4,5)1(6)7/h1-18,27-28,30H,19-20H2,(H,31,32);(H,6,7)/t27-,28+;/m0./s1. The molecule has 2 atom stereocenters. The van der Waals surface area contributed by atoms with Gasteiger partial charge >= 0.3 is 12.1 Å². The van der Waals surface area contributed by atoms with Crippen molar-refractivity contribution in [2.24, 2.45) is 0 Å². The van der Waals surface area contributed by atoms with Gasteiger partial charge in [0.15, 0.2) is 0 Å². The van der Waals surface area contributed by atoms with Crippen LogP contribution in [-0.2, 0) is 11.3 Å². The van der Waals surface area contributed by atoms with E-state index in [1.807, 2.05) is 60.7 Å². The van der Waals surface area contributed by atoms with E-state index >= 15 is 0 Å². The third-order valence-electron chi connectivity index (χ3n) is 6.30. The molecule has 200 valence electrons. The third-order valence-corrected chi connectivity index (χ3v) is 6.30. The Balaban J connectivity index is 0.000000448. The van der Waals surface area contributed by atoms with Gasteiger partial charge in [-0.2, -0.15) is 13.2 Å².